The van der Waals surface area contributed by atoms with Crippen LogP contribution in [-0.2, 0) is 0 Å². The third-order valence-corrected chi connectivity index (χ3v) is 4.01. The summed E-state index contributed by atoms with van der Waals surface area (Å²) in [6, 6.07) is 15.5. The van der Waals surface area contributed by atoms with Crippen molar-refractivity contribution in [2.75, 3.05) is 12.9 Å². The second-order valence-electron chi connectivity index (χ2n) is 4.56. The molecule has 0 aliphatic carbocycles. The molecule has 20 heavy (non-hydrogen) atoms. The van der Waals surface area contributed by atoms with E-state index < -0.39 is 0 Å². The molecule has 0 aromatic heterocycles. The second-order valence-corrected chi connectivity index (χ2v) is 5.44. The lowest BCUT2D eigenvalue weighted by Gasteiger charge is -2.18. The van der Waals surface area contributed by atoms with E-state index in [0.717, 1.165) is 5.56 Å². The topological polar surface area (TPSA) is 26.3 Å². The quantitative estimate of drug-likeness (QED) is 0.613. The molecule has 0 saturated carbocycles. The molecule has 0 saturated heterocycles. The number of carbonyl (C=O) groups excluding carboxylic acids is 1. The van der Waals surface area contributed by atoms with Crippen LogP contribution in [0.15, 0.2) is 59.0 Å². The number of fused-ring (bicyclic) bond motifs is 1. The van der Waals surface area contributed by atoms with E-state index >= 15 is 0 Å². The zero-order chi connectivity index (χ0) is 13.9. The number of hydrogen-bond donors (Lipinski definition) is 0. The smallest absolute Gasteiger partial charge is 0.196 e. The zero-order valence-corrected chi connectivity index (χ0v) is 11.9. The molecule has 0 amide bonds. The van der Waals surface area contributed by atoms with Crippen molar-refractivity contribution in [1.82, 2.24) is 0 Å². The minimum absolute atomic E-state index is 0.0563. The van der Waals surface area contributed by atoms with Crippen LogP contribution in [0.2, 0.25) is 0 Å². The molecule has 0 bridgehead atoms. The fourth-order valence-electron chi connectivity index (χ4n) is 2.18. The van der Waals surface area contributed by atoms with E-state index in [1.54, 1.807) is 11.8 Å². The van der Waals surface area contributed by atoms with Gasteiger partial charge in [0.2, 0.25) is 0 Å². The Bertz CT molecular complexity index is 672. The number of para-hydroxylation sites is 1. The minimum Gasteiger partial charge on any atom is -0.488 e. The fraction of sp³-hybridized carbons (Fsp3) is 0.118. The predicted octanol–water partition coefficient (Wildman–Crippen LogP) is 4.07. The molecule has 0 unspecified atom stereocenters. The summed E-state index contributed by atoms with van der Waals surface area (Å²) in [7, 11) is 0. The van der Waals surface area contributed by atoms with Crippen molar-refractivity contribution in [1.29, 1.82) is 0 Å². The monoisotopic (exact) mass is 282 g/mol. The summed E-state index contributed by atoms with van der Waals surface area (Å²) in [4.78, 5) is 13.6. The second kappa shape index (κ2) is 5.55. The number of ether oxygens (including phenoxy) is 1. The van der Waals surface area contributed by atoms with Crippen molar-refractivity contribution in [3.8, 4) is 5.75 Å². The van der Waals surface area contributed by atoms with E-state index in [1.807, 2.05) is 48.7 Å². The van der Waals surface area contributed by atoms with Gasteiger partial charge in [0.25, 0.3) is 0 Å². The summed E-state index contributed by atoms with van der Waals surface area (Å²) < 4.78 is 5.63. The van der Waals surface area contributed by atoms with Crippen LogP contribution < -0.4 is 4.74 Å². The first-order chi connectivity index (χ1) is 9.78. The van der Waals surface area contributed by atoms with Gasteiger partial charge < -0.3 is 4.74 Å². The van der Waals surface area contributed by atoms with Crippen LogP contribution in [-0.4, -0.2) is 18.6 Å². The Balaban J connectivity index is 1.91. The molecule has 2 aromatic rings. The summed E-state index contributed by atoms with van der Waals surface area (Å²) >= 11 is 1.70. The standard InChI is InChI=1S/C17H14O2S/c1-20-14-8-6-12(7-9-14)10-13-11-19-16-5-3-2-4-15(16)17(13)18/h2-10H,11H2,1H3. The predicted molar refractivity (Wildman–Crippen MR) is 82.5 cm³/mol. The van der Waals surface area contributed by atoms with Gasteiger partial charge in [-0.3, -0.25) is 4.79 Å². The molecule has 0 fully saturated rings. The van der Waals surface area contributed by atoms with E-state index in [9.17, 15) is 4.79 Å². The third kappa shape index (κ3) is 2.49. The van der Waals surface area contributed by atoms with E-state index in [-0.39, 0.29) is 5.78 Å². The van der Waals surface area contributed by atoms with Gasteiger partial charge in [-0.25, -0.2) is 0 Å². The molecule has 1 aliphatic heterocycles. The number of hydrogen-bond acceptors (Lipinski definition) is 3. The van der Waals surface area contributed by atoms with Crippen LogP contribution in [0.5, 0.6) is 5.75 Å². The Morgan fingerprint density at radius 3 is 2.60 bits per heavy atom. The molecule has 100 valence electrons. The average molecular weight is 282 g/mol. The van der Waals surface area contributed by atoms with Crippen molar-refractivity contribution in [2.45, 2.75) is 4.90 Å². The Labute approximate surface area is 122 Å². The Kier molecular flexibility index (Phi) is 3.61. The SMILES string of the molecule is CSc1ccc(C=C2COc3ccccc3C2=O)cc1. The fourth-order valence-corrected chi connectivity index (χ4v) is 2.59. The Morgan fingerprint density at radius 2 is 1.85 bits per heavy atom. The molecule has 0 atom stereocenters. The number of Topliss-reactive ketones (excluding diaryl/α,β-unsaturated/α-hetero) is 1. The van der Waals surface area contributed by atoms with Crippen molar-refractivity contribution in [3.05, 3.63) is 65.2 Å². The molecule has 1 aliphatic rings. The van der Waals surface area contributed by atoms with Gasteiger partial charge in [-0.1, -0.05) is 24.3 Å². The van der Waals surface area contributed by atoms with E-state index in [4.69, 9.17) is 4.74 Å². The number of benzene rings is 2. The van der Waals surface area contributed by atoms with Crippen LogP contribution in [0.4, 0.5) is 0 Å². The van der Waals surface area contributed by atoms with Gasteiger partial charge in [-0.05, 0) is 42.2 Å². The Hall–Kier alpha value is -2.00. The lowest BCUT2D eigenvalue weighted by Crippen LogP contribution is -2.18. The zero-order valence-electron chi connectivity index (χ0n) is 11.1. The van der Waals surface area contributed by atoms with E-state index in [2.05, 4.69) is 12.1 Å². The summed E-state index contributed by atoms with van der Waals surface area (Å²) in [5, 5.41) is 0. The highest BCUT2D eigenvalue weighted by atomic mass is 32.2. The summed E-state index contributed by atoms with van der Waals surface area (Å²) in [5.41, 5.74) is 2.36. The maximum Gasteiger partial charge on any atom is 0.196 e. The maximum atomic E-state index is 12.4. The summed E-state index contributed by atoms with van der Waals surface area (Å²) in [6.07, 6.45) is 3.95. The lowest BCUT2D eigenvalue weighted by atomic mass is 9.98. The van der Waals surface area contributed by atoms with Crippen molar-refractivity contribution in [3.63, 3.8) is 0 Å². The lowest BCUT2D eigenvalue weighted by molar-refractivity contribution is 0.100. The van der Waals surface area contributed by atoms with Gasteiger partial charge >= 0.3 is 0 Å². The molecular weight excluding hydrogens is 268 g/mol. The first-order valence-electron chi connectivity index (χ1n) is 6.39. The van der Waals surface area contributed by atoms with E-state index in [0.29, 0.717) is 23.5 Å². The van der Waals surface area contributed by atoms with Crippen molar-refractivity contribution in [2.24, 2.45) is 0 Å². The number of thioether (sulfide) groups is 1. The summed E-state index contributed by atoms with van der Waals surface area (Å²) in [6.45, 7) is 0.333. The highest BCUT2D eigenvalue weighted by Gasteiger charge is 2.22. The number of rotatable bonds is 2. The largest absolute Gasteiger partial charge is 0.488 e. The van der Waals surface area contributed by atoms with Crippen molar-refractivity contribution < 1.29 is 9.53 Å². The highest BCUT2D eigenvalue weighted by molar-refractivity contribution is 7.98. The number of carbonyl (C=O) groups is 1. The molecule has 0 N–H and O–H groups in total. The average Bonchev–Trinajstić information content (AvgIpc) is 2.51. The summed E-state index contributed by atoms with van der Waals surface area (Å²) in [5.74, 6) is 0.730. The molecule has 3 rings (SSSR count). The van der Waals surface area contributed by atoms with Gasteiger partial charge in [0.05, 0.1) is 5.56 Å². The van der Waals surface area contributed by atoms with Gasteiger partial charge in [0.15, 0.2) is 5.78 Å². The Morgan fingerprint density at radius 1 is 1.10 bits per heavy atom. The normalized spacial score (nSPS) is 15.8. The third-order valence-electron chi connectivity index (χ3n) is 3.26. The first-order valence-corrected chi connectivity index (χ1v) is 7.61. The molecule has 0 radical (unpaired) electrons. The maximum absolute atomic E-state index is 12.4. The van der Waals surface area contributed by atoms with Crippen molar-refractivity contribution >= 4 is 23.6 Å². The van der Waals surface area contributed by atoms with Crippen LogP contribution in [0.3, 0.4) is 0 Å². The van der Waals surface area contributed by atoms with Crippen LogP contribution in [0.25, 0.3) is 6.08 Å². The minimum atomic E-state index is 0.0563. The van der Waals surface area contributed by atoms with E-state index in [1.165, 1.54) is 4.90 Å². The van der Waals surface area contributed by atoms with Crippen LogP contribution in [0, 0.1) is 0 Å². The first kappa shape index (κ1) is 13.0. The molecular formula is C17H14O2S. The molecule has 2 nitrogen and oxygen atoms in total. The van der Waals surface area contributed by atoms with Gasteiger partial charge in [0, 0.05) is 10.5 Å². The molecule has 1 heterocycles. The molecule has 3 heteroatoms. The highest BCUT2D eigenvalue weighted by Crippen LogP contribution is 2.27. The van der Waals surface area contributed by atoms with Crippen LogP contribution in [0.1, 0.15) is 15.9 Å². The van der Waals surface area contributed by atoms with Gasteiger partial charge in [0.1, 0.15) is 12.4 Å². The van der Waals surface area contributed by atoms with Crippen LogP contribution >= 0.6 is 11.8 Å². The van der Waals surface area contributed by atoms with Gasteiger partial charge in [-0.15, -0.1) is 11.8 Å². The van der Waals surface area contributed by atoms with Gasteiger partial charge in [-0.2, -0.15) is 0 Å². The number of ketones is 1. The molecule has 0 spiro atoms. The molecule has 2 aromatic carbocycles.